The van der Waals surface area contributed by atoms with E-state index in [1.54, 1.807) is 0 Å². The van der Waals surface area contributed by atoms with Gasteiger partial charge in [0.25, 0.3) is 0 Å². The van der Waals surface area contributed by atoms with Crippen LogP contribution in [0.2, 0.25) is 4.47 Å². The fourth-order valence-corrected chi connectivity index (χ4v) is 14.2. The number of hydrogen-bond acceptors (Lipinski definition) is 4. The molecule has 2 nitrogen and oxygen atoms in total. The third kappa shape index (κ3) is 4.41. The van der Waals surface area contributed by atoms with E-state index in [9.17, 15) is 0 Å². The minimum absolute atomic E-state index is 0.0160. The van der Waals surface area contributed by atoms with Crippen LogP contribution in [0.5, 0.6) is 0 Å². The van der Waals surface area contributed by atoms with Gasteiger partial charge < -0.3 is 0 Å². The van der Waals surface area contributed by atoms with E-state index in [4.69, 9.17) is 9.47 Å². The molecule has 3 aliphatic rings. The van der Waals surface area contributed by atoms with Gasteiger partial charge in [0, 0.05) is 0 Å². The molecule has 3 saturated heterocycles. The molecule has 3 rings (SSSR count). The normalized spacial score (nSPS) is 43.2. The zero-order valence-electron chi connectivity index (χ0n) is 8.29. The van der Waals surface area contributed by atoms with Crippen LogP contribution in [0.25, 0.3) is 0 Å². The standard InChI is InChI=1S/C9H14O2S2Te2/c1(6-3-12-6)10-8-5-14-9(15-8)11-2-7-4-13-7/h6-9H,1-5H2. The van der Waals surface area contributed by atoms with Gasteiger partial charge >= 0.3 is 121 Å². The molecule has 15 heavy (non-hydrogen) atoms. The van der Waals surface area contributed by atoms with Gasteiger partial charge in [0.1, 0.15) is 0 Å². The third-order valence-electron chi connectivity index (χ3n) is 2.32. The second-order valence-corrected chi connectivity index (χ2v) is 15.9. The van der Waals surface area contributed by atoms with Crippen LogP contribution in [0.4, 0.5) is 0 Å². The van der Waals surface area contributed by atoms with Crippen molar-refractivity contribution in [2.45, 2.75) is 21.3 Å². The molecule has 0 amide bonds. The van der Waals surface area contributed by atoms with Crippen molar-refractivity contribution >= 4 is 65.4 Å². The summed E-state index contributed by atoms with van der Waals surface area (Å²) < 4.78 is 14.8. The maximum atomic E-state index is 5.99. The average Bonchev–Trinajstić information content (AvgIpc) is 3.14. The summed E-state index contributed by atoms with van der Waals surface area (Å²) in [6.45, 7) is 2.06. The predicted octanol–water partition coefficient (Wildman–Crippen LogP) is 0.700. The first-order chi connectivity index (χ1) is 7.40. The fourth-order valence-electron chi connectivity index (χ4n) is 1.26. The van der Waals surface area contributed by atoms with Gasteiger partial charge in [-0.2, -0.15) is 0 Å². The third-order valence-corrected chi connectivity index (χ3v) is 16.3. The summed E-state index contributed by atoms with van der Waals surface area (Å²) in [5.74, 6) is 2.68. The summed E-state index contributed by atoms with van der Waals surface area (Å²) in [7, 11) is 0. The van der Waals surface area contributed by atoms with Crippen LogP contribution in [0.15, 0.2) is 0 Å². The summed E-state index contributed by atoms with van der Waals surface area (Å²) in [5, 5.41) is 1.70. The van der Waals surface area contributed by atoms with Gasteiger partial charge in [0.2, 0.25) is 0 Å². The van der Waals surface area contributed by atoms with Crippen molar-refractivity contribution in [2.75, 3.05) is 24.7 Å². The van der Waals surface area contributed by atoms with Crippen molar-refractivity contribution in [3.63, 3.8) is 0 Å². The summed E-state index contributed by atoms with van der Waals surface area (Å²) in [6.07, 6.45) is 0. The van der Waals surface area contributed by atoms with E-state index in [0.29, 0.717) is 4.15 Å². The van der Waals surface area contributed by atoms with Gasteiger partial charge in [-0.05, 0) is 0 Å². The quantitative estimate of drug-likeness (QED) is 0.418. The van der Waals surface area contributed by atoms with E-state index in [1.165, 1.54) is 16.0 Å². The summed E-state index contributed by atoms with van der Waals surface area (Å²) >= 11 is 4.24. The second kappa shape index (κ2) is 5.89. The summed E-state index contributed by atoms with van der Waals surface area (Å²) in [4.78, 5) is 0. The number of thioether (sulfide) groups is 2. The number of rotatable bonds is 6. The zero-order valence-corrected chi connectivity index (χ0v) is 14.6. The molecule has 86 valence electrons. The van der Waals surface area contributed by atoms with E-state index < -0.39 is 0 Å². The van der Waals surface area contributed by atoms with Crippen LogP contribution in [-0.2, 0) is 9.47 Å². The van der Waals surface area contributed by atoms with Crippen LogP contribution >= 0.6 is 23.5 Å². The molecule has 4 unspecified atom stereocenters. The summed E-state index contributed by atoms with van der Waals surface area (Å²) in [6, 6.07) is 0. The SMILES string of the molecule is C(OC1C[Te]C(OCC2CS2)[Te]1)C1CS1. The Morgan fingerprint density at radius 3 is 2.40 bits per heavy atom. The molecule has 0 aromatic heterocycles. The molecule has 3 heterocycles. The molecule has 4 atom stereocenters. The average molecular weight is 474 g/mol. The molecular formula is C9H14O2S2Te2. The molecule has 0 saturated carbocycles. The summed E-state index contributed by atoms with van der Waals surface area (Å²) in [5.41, 5.74) is 0. The van der Waals surface area contributed by atoms with Crippen LogP contribution in [-0.4, -0.2) is 83.4 Å². The molecule has 3 aliphatic heterocycles. The fraction of sp³-hybridized carbons (Fsp3) is 1.00. The maximum absolute atomic E-state index is 5.99. The molecule has 0 aromatic rings. The Morgan fingerprint density at radius 2 is 1.73 bits per heavy atom. The van der Waals surface area contributed by atoms with Crippen molar-refractivity contribution in [1.29, 1.82) is 0 Å². The molecule has 0 spiro atoms. The Hall–Kier alpha value is 2.20. The first kappa shape index (κ1) is 12.2. The van der Waals surface area contributed by atoms with E-state index in [1.807, 2.05) is 23.5 Å². The Morgan fingerprint density at radius 1 is 1.07 bits per heavy atom. The first-order valence-corrected chi connectivity index (χ1v) is 12.9. The molecule has 6 heteroatoms. The van der Waals surface area contributed by atoms with E-state index in [-0.39, 0.29) is 41.8 Å². The van der Waals surface area contributed by atoms with Crippen LogP contribution in [0, 0.1) is 0 Å². The predicted molar refractivity (Wildman–Crippen MR) is 68.3 cm³/mol. The monoisotopic (exact) mass is 478 g/mol. The van der Waals surface area contributed by atoms with Gasteiger partial charge in [-0.3, -0.25) is 0 Å². The van der Waals surface area contributed by atoms with Crippen LogP contribution in [0.1, 0.15) is 0 Å². The molecule has 0 aliphatic carbocycles. The van der Waals surface area contributed by atoms with Crippen molar-refractivity contribution < 1.29 is 9.47 Å². The van der Waals surface area contributed by atoms with Crippen LogP contribution in [0.3, 0.4) is 0 Å². The Bertz CT molecular complexity index is 202. The molecule has 0 bridgehead atoms. The topological polar surface area (TPSA) is 18.5 Å². The minimum atomic E-state index is 0.0160. The Kier molecular flexibility index (Phi) is 4.81. The van der Waals surface area contributed by atoms with Gasteiger partial charge in [-0.1, -0.05) is 0 Å². The van der Waals surface area contributed by atoms with Crippen molar-refractivity contribution in [2.24, 2.45) is 0 Å². The van der Waals surface area contributed by atoms with Gasteiger partial charge in [0.05, 0.1) is 0 Å². The zero-order chi connectivity index (χ0) is 10.1. The van der Waals surface area contributed by atoms with Gasteiger partial charge in [-0.15, -0.1) is 0 Å². The molecule has 0 aromatic carbocycles. The number of ether oxygens (including phenoxy) is 2. The van der Waals surface area contributed by atoms with Crippen molar-refractivity contribution in [3.8, 4) is 0 Å². The van der Waals surface area contributed by atoms with Gasteiger partial charge in [-0.25, -0.2) is 0 Å². The van der Waals surface area contributed by atoms with Crippen molar-refractivity contribution in [3.05, 3.63) is 0 Å². The van der Waals surface area contributed by atoms with Crippen molar-refractivity contribution in [1.82, 2.24) is 0 Å². The first-order valence-electron chi connectivity index (χ1n) is 5.13. The molecular weight excluding hydrogens is 459 g/mol. The number of hydrogen-bond donors (Lipinski definition) is 0. The van der Waals surface area contributed by atoms with Crippen LogP contribution < -0.4 is 0 Å². The Labute approximate surface area is 120 Å². The van der Waals surface area contributed by atoms with E-state index in [0.717, 1.165) is 25.9 Å². The molecule has 3 fully saturated rings. The Balaban J connectivity index is 1.30. The molecule has 0 N–H and O–H groups in total. The van der Waals surface area contributed by atoms with E-state index >= 15 is 0 Å². The second-order valence-electron chi connectivity index (χ2n) is 3.76. The van der Waals surface area contributed by atoms with E-state index in [2.05, 4.69) is 0 Å². The molecule has 0 radical (unpaired) electrons. The van der Waals surface area contributed by atoms with Gasteiger partial charge in [0.15, 0.2) is 0 Å².